The summed E-state index contributed by atoms with van der Waals surface area (Å²) in [4.78, 5) is 17.3. The van der Waals surface area contributed by atoms with Crippen molar-refractivity contribution in [1.82, 2.24) is 19.9 Å². The monoisotopic (exact) mass is 299 g/mol. The van der Waals surface area contributed by atoms with E-state index in [9.17, 15) is 0 Å². The van der Waals surface area contributed by atoms with Crippen LogP contribution in [-0.2, 0) is 0 Å². The number of hydrogen-bond donors (Lipinski definition) is 1. The Labute approximate surface area is 131 Å². The number of fused-ring (bicyclic) bond motifs is 1. The van der Waals surface area contributed by atoms with Gasteiger partial charge in [-0.05, 0) is 32.3 Å². The number of hydrogen-bond acceptors (Lipinski definition) is 4. The van der Waals surface area contributed by atoms with E-state index in [-0.39, 0.29) is 0 Å². The number of aromatic nitrogens is 3. The highest BCUT2D eigenvalue weighted by Gasteiger charge is 2.52. The molecule has 1 aliphatic carbocycles. The molecule has 1 N–H and O–H groups in total. The number of piperazine rings is 1. The Morgan fingerprint density at radius 2 is 2.18 bits per heavy atom. The van der Waals surface area contributed by atoms with Crippen LogP contribution in [0.15, 0.2) is 18.6 Å². The van der Waals surface area contributed by atoms with Gasteiger partial charge >= 0.3 is 0 Å². The summed E-state index contributed by atoms with van der Waals surface area (Å²) in [5.74, 6) is 1.10. The van der Waals surface area contributed by atoms with Crippen molar-refractivity contribution in [2.24, 2.45) is 0 Å². The summed E-state index contributed by atoms with van der Waals surface area (Å²) in [7, 11) is 0. The van der Waals surface area contributed by atoms with Crippen LogP contribution < -0.4 is 4.90 Å². The molecule has 118 valence electrons. The maximum atomic E-state index is 4.58. The minimum absolute atomic E-state index is 0.403. The minimum atomic E-state index is 0.403. The smallest absolute Gasteiger partial charge is 0.142 e. The third kappa shape index (κ3) is 2.19. The first-order valence-corrected chi connectivity index (χ1v) is 8.53. The molecular formula is C17H25N5. The Kier molecular flexibility index (Phi) is 3.33. The zero-order chi connectivity index (χ0) is 15.2. The fourth-order valence-corrected chi connectivity index (χ4v) is 4.13. The van der Waals surface area contributed by atoms with Gasteiger partial charge in [0, 0.05) is 37.4 Å². The van der Waals surface area contributed by atoms with E-state index >= 15 is 0 Å². The molecule has 1 spiro atoms. The van der Waals surface area contributed by atoms with E-state index < -0.39 is 0 Å². The molecular weight excluding hydrogens is 274 g/mol. The van der Waals surface area contributed by atoms with E-state index in [0.717, 1.165) is 36.5 Å². The summed E-state index contributed by atoms with van der Waals surface area (Å²) >= 11 is 0. The fraction of sp³-hybridized carbons (Fsp3) is 0.647. The van der Waals surface area contributed by atoms with E-state index in [0.29, 0.717) is 11.6 Å². The predicted octanol–water partition coefficient (Wildman–Crippen LogP) is 2.80. The normalized spacial score (nSPS) is 22.4. The average molecular weight is 299 g/mol. The standard InChI is InChI=1S/C17H25N5/c1-3-4-13(2)22-10-9-21(11-17(22)6-7-17)16-14-5-8-18-15(14)19-12-20-16/h5,8,12-13H,3-4,6-7,9-11H2,1-2H3,(H,18,19,20). The van der Waals surface area contributed by atoms with E-state index in [1.54, 1.807) is 6.33 Å². The first kappa shape index (κ1) is 14.0. The van der Waals surface area contributed by atoms with Gasteiger partial charge in [0.05, 0.1) is 5.39 Å². The molecule has 0 amide bonds. The zero-order valence-electron chi connectivity index (χ0n) is 13.5. The Balaban J connectivity index is 1.58. The highest BCUT2D eigenvalue weighted by Crippen LogP contribution is 2.46. The summed E-state index contributed by atoms with van der Waals surface area (Å²) in [5.41, 5.74) is 1.34. The average Bonchev–Trinajstić information content (AvgIpc) is 3.11. The van der Waals surface area contributed by atoms with Crippen molar-refractivity contribution in [3.63, 3.8) is 0 Å². The second kappa shape index (κ2) is 5.23. The number of H-pyrrole nitrogens is 1. The quantitative estimate of drug-likeness (QED) is 0.943. The van der Waals surface area contributed by atoms with Crippen molar-refractivity contribution in [3.8, 4) is 0 Å². The number of nitrogens with one attached hydrogen (secondary N) is 1. The van der Waals surface area contributed by atoms with Crippen molar-refractivity contribution in [2.45, 2.75) is 51.1 Å². The topological polar surface area (TPSA) is 48.1 Å². The molecule has 1 saturated carbocycles. The molecule has 4 rings (SSSR count). The summed E-state index contributed by atoms with van der Waals surface area (Å²) in [6.45, 7) is 8.01. The summed E-state index contributed by atoms with van der Waals surface area (Å²) in [6.07, 6.45) is 8.87. The molecule has 5 heteroatoms. The van der Waals surface area contributed by atoms with Gasteiger partial charge in [-0.3, -0.25) is 4.90 Å². The lowest BCUT2D eigenvalue weighted by Crippen LogP contribution is -2.58. The van der Waals surface area contributed by atoms with E-state index in [4.69, 9.17) is 0 Å². The number of anilines is 1. The van der Waals surface area contributed by atoms with Gasteiger partial charge in [0.25, 0.3) is 0 Å². The maximum Gasteiger partial charge on any atom is 0.142 e. The molecule has 2 fully saturated rings. The molecule has 0 aromatic carbocycles. The SMILES string of the molecule is CCCC(C)N1CCN(c2ncnc3[nH]ccc23)CC12CC2. The molecule has 22 heavy (non-hydrogen) atoms. The van der Waals surface area contributed by atoms with Crippen LogP contribution in [0.25, 0.3) is 11.0 Å². The fourth-order valence-electron chi connectivity index (χ4n) is 4.13. The van der Waals surface area contributed by atoms with E-state index in [1.807, 2.05) is 6.20 Å². The van der Waals surface area contributed by atoms with E-state index in [2.05, 4.69) is 44.7 Å². The van der Waals surface area contributed by atoms with Crippen molar-refractivity contribution in [3.05, 3.63) is 18.6 Å². The van der Waals surface area contributed by atoms with Crippen molar-refractivity contribution >= 4 is 16.9 Å². The van der Waals surface area contributed by atoms with Crippen LogP contribution in [0.1, 0.15) is 39.5 Å². The molecule has 5 nitrogen and oxygen atoms in total. The first-order valence-electron chi connectivity index (χ1n) is 8.53. The lowest BCUT2D eigenvalue weighted by molar-refractivity contribution is 0.104. The highest BCUT2D eigenvalue weighted by atomic mass is 15.4. The molecule has 1 saturated heterocycles. The summed E-state index contributed by atoms with van der Waals surface area (Å²) in [6, 6.07) is 2.79. The van der Waals surface area contributed by atoms with Gasteiger partial charge in [0.1, 0.15) is 17.8 Å². The van der Waals surface area contributed by atoms with Crippen LogP contribution >= 0.6 is 0 Å². The van der Waals surface area contributed by atoms with Crippen LogP contribution in [-0.4, -0.2) is 51.1 Å². The third-order valence-corrected chi connectivity index (χ3v) is 5.40. The van der Waals surface area contributed by atoms with Crippen LogP contribution in [0.4, 0.5) is 5.82 Å². The Morgan fingerprint density at radius 3 is 2.95 bits per heavy atom. The lowest BCUT2D eigenvalue weighted by Gasteiger charge is -2.45. The van der Waals surface area contributed by atoms with Gasteiger partial charge in [-0.25, -0.2) is 9.97 Å². The molecule has 2 aromatic rings. The number of aromatic amines is 1. The van der Waals surface area contributed by atoms with Gasteiger partial charge in [0.2, 0.25) is 0 Å². The number of nitrogens with zero attached hydrogens (tertiary/aromatic N) is 4. The molecule has 2 aliphatic rings. The second-order valence-corrected chi connectivity index (χ2v) is 6.91. The Morgan fingerprint density at radius 1 is 1.32 bits per heavy atom. The largest absolute Gasteiger partial charge is 0.353 e. The molecule has 1 atom stereocenters. The second-order valence-electron chi connectivity index (χ2n) is 6.91. The van der Waals surface area contributed by atoms with Crippen molar-refractivity contribution in [2.75, 3.05) is 24.5 Å². The van der Waals surface area contributed by atoms with Crippen LogP contribution in [0.2, 0.25) is 0 Å². The first-order chi connectivity index (χ1) is 10.7. The molecule has 2 aromatic heterocycles. The van der Waals surface area contributed by atoms with Crippen LogP contribution in [0, 0.1) is 0 Å². The maximum absolute atomic E-state index is 4.58. The van der Waals surface area contributed by atoms with Gasteiger partial charge in [-0.2, -0.15) is 0 Å². The molecule has 1 unspecified atom stereocenters. The third-order valence-electron chi connectivity index (χ3n) is 5.40. The summed E-state index contributed by atoms with van der Waals surface area (Å²) in [5, 5.41) is 1.15. The minimum Gasteiger partial charge on any atom is -0.353 e. The van der Waals surface area contributed by atoms with Gasteiger partial charge in [-0.1, -0.05) is 13.3 Å². The van der Waals surface area contributed by atoms with Gasteiger partial charge < -0.3 is 9.88 Å². The van der Waals surface area contributed by atoms with Gasteiger partial charge in [0.15, 0.2) is 0 Å². The summed E-state index contributed by atoms with van der Waals surface area (Å²) < 4.78 is 0. The predicted molar refractivity (Wildman–Crippen MR) is 89.1 cm³/mol. The van der Waals surface area contributed by atoms with Crippen molar-refractivity contribution < 1.29 is 0 Å². The van der Waals surface area contributed by atoms with Crippen molar-refractivity contribution in [1.29, 1.82) is 0 Å². The zero-order valence-corrected chi connectivity index (χ0v) is 13.5. The Bertz CT molecular complexity index is 660. The highest BCUT2D eigenvalue weighted by molar-refractivity contribution is 5.87. The molecule has 1 aliphatic heterocycles. The molecule has 3 heterocycles. The Hall–Kier alpha value is -1.62. The lowest BCUT2D eigenvalue weighted by atomic mass is 10.0. The van der Waals surface area contributed by atoms with Gasteiger partial charge in [-0.15, -0.1) is 0 Å². The van der Waals surface area contributed by atoms with Crippen LogP contribution in [0.3, 0.4) is 0 Å². The number of rotatable bonds is 4. The molecule has 0 radical (unpaired) electrons. The van der Waals surface area contributed by atoms with Crippen LogP contribution in [0.5, 0.6) is 0 Å². The van der Waals surface area contributed by atoms with E-state index in [1.165, 1.54) is 25.7 Å². The molecule has 0 bridgehead atoms.